The number of benzene rings is 1. The summed E-state index contributed by atoms with van der Waals surface area (Å²) in [5, 5.41) is 12.2. The van der Waals surface area contributed by atoms with Crippen LogP contribution in [0.15, 0.2) is 36.5 Å². The molecule has 1 N–H and O–H groups in total. The van der Waals surface area contributed by atoms with Gasteiger partial charge in [0.2, 0.25) is 0 Å². The van der Waals surface area contributed by atoms with Crippen molar-refractivity contribution in [2.75, 3.05) is 6.54 Å². The summed E-state index contributed by atoms with van der Waals surface area (Å²) in [5.41, 5.74) is 2.07. The molecule has 2 rings (SSSR count). The molecule has 0 spiro atoms. The second kappa shape index (κ2) is 7.05. The van der Waals surface area contributed by atoms with Crippen molar-refractivity contribution in [2.45, 2.75) is 32.9 Å². The molecule has 1 atom stereocenters. The van der Waals surface area contributed by atoms with Crippen molar-refractivity contribution < 1.29 is 4.39 Å². The zero-order valence-corrected chi connectivity index (χ0v) is 12.4. The first-order valence-corrected chi connectivity index (χ1v) is 7.22. The van der Waals surface area contributed by atoms with E-state index in [9.17, 15) is 4.39 Å². The van der Waals surface area contributed by atoms with Crippen LogP contribution < -0.4 is 5.32 Å². The lowest BCUT2D eigenvalue weighted by molar-refractivity contribution is 0.528. The fourth-order valence-electron chi connectivity index (χ4n) is 2.36. The summed E-state index contributed by atoms with van der Waals surface area (Å²) in [6, 6.07) is 10.8. The van der Waals surface area contributed by atoms with Gasteiger partial charge in [0.25, 0.3) is 0 Å². The van der Waals surface area contributed by atoms with E-state index in [2.05, 4.69) is 25.2 Å². The Balaban J connectivity index is 2.17. The lowest BCUT2D eigenvalue weighted by Gasteiger charge is -2.17. The molecule has 0 fully saturated rings. The first-order chi connectivity index (χ1) is 10.2. The molecule has 3 nitrogen and oxygen atoms in total. The quantitative estimate of drug-likeness (QED) is 0.881. The van der Waals surface area contributed by atoms with E-state index in [-0.39, 0.29) is 11.9 Å². The molecule has 21 heavy (non-hydrogen) atoms. The number of hydrogen-bond acceptors (Lipinski definition) is 2. The van der Waals surface area contributed by atoms with Gasteiger partial charge in [-0.1, -0.05) is 13.0 Å². The predicted molar refractivity (Wildman–Crippen MR) is 81.4 cm³/mol. The fraction of sp³-hybridized carbons (Fsp3) is 0.353. The number of nitriles is 1. The minimum Gasteiger partial charge on any atom is -0.345 e. The fourth-order valence-corrected chi connectivity index (χ4v) is 2.36. The Hall–Kier alpha value is -2.12. The lowest BCUT2D eigenvalue weighted by atomic mass is 10.1. The maximum Gasteiger partial charge on any atom is 0.129 e. The molecule has 1 aromatic heterocycles. The highest BCUT2D eigenvalue weighted by molar-refractivity contribution is 5.33. The number of nitrogens with zero attached hydrogens (tertiary/aromatic N) is 2. The molecular formula is C17H20FN3. The topological polar surface area (TPSA) is 40.8 Å². The van der Waals surface area contributed by atoms with E-state index >= 15 is 0 Å². The molecule has 0 aliphatic rings. The number of rotatable bonds is 6. The maximum absolute atomic E-state index is 14.0. The minimum atomic E-state index is -0.331. The molecule has 0 aliphatic carbocycles. The highest BCUT2D eigenvalue weighted by Gasteiger charge is 2.11. The molecule has 4 heteroatoms. The van der Waals surface area contributed by atoms with Crippen LogP contribution in [0.3, 0.4) is 0 Å². The Kier molecular flexibility index (Phi) is 5.13. The summed E-state index contributed by atoms with van der Waals surface area (Å²) in [4.78, 5) is 0. The van der Waals surface area contributed by atoms with E-state index in [0.29, 0.717) is 17.7 Å². The summed E-state index contributed by atoms with van der Waals surface area (Å²) in [6.45, 7) is 5.66. The van der Waals surface area contributed by atoms with E-state index < -0.39 is 0 Å². The van der Waals surface area contributed by atoms with Crippen molar-refractivity contribution in [1.29, 1.82) is 5.26 Å². The van der Waals surface area contributed by atoms with Gasteiger partial charge >= 0.3 is 0 Å². The zero-order valence-electron chi connectivity index (χ0n) is 12.4. The van der Waals surface area contributed by atoms with Gasteiger partial charge in [-0.2, -0.15) is 5.26 Å². The van der Waals surface area contributed by atoms with Crippen LogP contribution in [-0.2, 0) is 6.54 Å². The van der Waals surface area contributed by atoms with Crippen molar-refractivity contribution in [1.82, 2.24) is 9.88 Å². The molecule has 0 saturated carbocycles. The maximum atomic E-state index is 14.0. The Morgan fingerprint density at radius 2 is 2.19 bits per heavy atom. The van der Waals surface area contributed by atoms with E-state index in [1.807, 2.05) is 22.9 Å². The molecule has 1 aromatic carbocycles. The average Bonchev–Trinajstić information content (AvgIpc) is 2.95. The molecule has 0 saturated heterocycles. The lowest BCUT2D eigenvalue weighted by Crippen LogP contribution is -2.22. The Bertz CT molecular complexity index is 640. The third-order valence-corrected chi connectivity index (χ3v) is 3.53. The first kappa shape index (κ1) is 15.3. The van der Waals surface area contributed by atoms with Crippen molar-refractivity contribution >= 4 is 0 Å². The van der Waals surface area contributed by atoms with Gasteiger partial charge in [-0.3, -0.25) is 0 Å². The third kappa shape index (κ3) is 3.71. The summed E-state index contributed by atoms with van der Waals surface area (Å²) < 4.78 is 16.0. The highest BCUT2D eigenvalue weighted by atomic mass is 19.1. The number of hydrogen-bond donors (Lipinski definition) is 1. The van der Waals surface area contributed by atoms with E-state index in [0.717, 1.165) is 18.7 Å². The molecule has 1 heterocycles. The van der Waals surface area contributed by atoms with Crippen LogP contribution in [0, 0.1) is 17.1 Å². The van der Waals surface area contributed by atoms with Crippen LogP contribution in [0.4, 0.5) is 4.39 Å². The third-order valence-electron chi connectivity index (χ3n) is 3.53. The van der Waals surface area contributed by atoms with Crippen molar-refractivity contribution in [3.63, 3.8) is 0 Å². The molecular weight excluding hydrogens is 265 g/mol. The Morgan fingerprint density at radius 3 is 2.86 bits per heavy atom. The van der Waals surface area contributed by atoms with Gasteiger partial charge in [0.15, 0.2) is 0 Å². The standard InChI is InChI=1S/C17H20FN3/c1-3-8-20-13(2)17-5-4-9-21(17)12-15-7-6-14(11-19)10-16(15)18/h4-7,9-10,13,20H,3,8,12H2,1-2H3. The van der Waals surface area contributed by atoms with E-state index in [1.165, 1.54) is 6.07 Å². The molecule has 110 valence electrons. The molecule has 2 aromatic rings. The molecule has 0 bridgehead atoms. The number of halogens is 1. The predicted octanol–water partition coefficient (Wildman–Crippen LogP) is 3.61. The van der Waals surface area contributed by atoms with Crippen LogP contribution in [-0.4, -0.2) is 11.1 Å². The number of nitrogens with one attached hydrogen (secondary N) is 1. The zero-order chi connectivity index (χ0) is 15.2. The van der Waals surface area contributed by atoms with Gasteiger partial charge in [0, 0.05) is 23.5 Å². The van der Waals surface area contributed by atoms with Crippen LogP contribution in [0.25, 0.3) is 0 Å². The van der Waals surface area contributed by atoms with Gasteiger partial charge in [0.05, 0.1) is 18.2 Å². The summed E-state index contributed by atoms with van der Waals surface area (Å²) in [7, 11) is 0. The number of aromatic nitrogens is 1. The van der Waals surface area contributed by atoms with Gasteiger partial charge in [-0.25, -0.2) is 4.39 Å². The van der Waals surface area contributed by atoms with Gasteiger partial charge in [-0.15, -0.1) is 0 Å². The molecule has 0 radical (unpaired) electrons. The highest BCUT2D eigenvalue weighted by Crippen LogP contribution is 2.17. The normalized spacial score (nSPS) is 12.1. The average molecular weight is 285 g/mol. The largest absolute Gasteiger partial charge is 0.345 e. The summed E-state index contributed by atoms with van der Waals surface area (Å²) >= 11 is 0. The van der Waals surface area contributed by atoms with E-state index in [1.54, 1.807) is 12.1 Å². The SMILES string of the molecule is CCCNC(C)c1cccn1Cc1ccc(C#N)cc1F. The van der Waals surface area contributed by atoms with Crippen LogP contribution in [0.1, 0.15) is 43.1 Å². The van der Waals surface area contributed by atoms with Crippen molar-refractivity contribution in [2.24, 2.45) is 0 Å². The summed E-state index contributed by atoms with van der Waals surface area (Å²) in [6.07, 6.45) is 3.03. The van der Waals surface area contributed by atoms with E-state index in [4.69, 9.17) is 5.26 Å². The van der Waals surface area contributed by atoms with Gasteiger partial charge < -0.3 is 9.88 Å². The van der Waals surface area contributed by atoms with Gasteiger partial charge in [-0.05, 0) is 44.2 Å². The first-order valence-electron chi connectivity index (χ1n) is 7.22. The molecule has 0 amide bonds. The Morgan fingerprint density at radius 1 is 1.38 bits per heavy atom. The smallest absolute Gasteiger partial charge is 0.129 e. The van der Waals surface area contributed by atoms with Crippen LogP contribution >= 0.6 is 0 Å². The molecule has 0 aliphatic heterocycles. The Labute approximate surface area is 125 Å². The monoisotopic (exact) mass is 285 g/mol. The second-order valence-electron chi connectivity index (χ2n) is 5.15. The minimum absolute atomic E-state index is 0.224. The van der Waals surface area contributed by atoms with Crippen molar-refractivity contribution in [3.8, 4) is 6.07 Å². The summed E-state index contributed by atoms with van der Waals surface area (Å²) in [5.74, 6) is -0.331. The molecule has 1 unspecified atom stereocenters. The van der Waals surface area contributed by atoms with Gasteiger partial charge in [0.1, 0.15) is 5.82 Å². The van der Waals surface area contributed by atoms with Crippen LogP contribution in [0.2, 0.25) is 0 Å². The second-order valence-corrected chi connectivity index (χ2v) is 5.15. The van der Waals surface area contributed by atoms with Crippen molar-refractivity contribution in [3.05, 3.63) is 59.2 Å². The van der Waals surface area contributed by atoms with Crippen LogP contribution in [0.5, 0.6) is 0 Å².